The lowest BCUT2D eigenvalue weighted by molar-refractivity contribution is -0.115. The monoisotopic (exact) mass is 597 g/mol. The number of aliphatic hydroxyl groups is 2. The maximum Gasteiger partial charge on any atom is 0.490 e. The van der Waals surface area contributed by atoms with Crippen molar-refractivity contribution in [1.82, 2.24) is 4.90 Å². The van der Waals surface area contributed by atoms with Crippen molar-refractivity contribution < 1.29 is 70.8 Å². The van der Waals surface area contributed by atoms with E-state index in [0.29, 0.717) is 5.75 Å². The van der Waals surface area contributed by atoms with E-state index >= 15 is 0 Å². The molecular formula is C18H34NO15P3. The molecule has 0 aromatic heterocycles. The van der Waals surface area contributed by atoms with Gasteiger partial charge in [0, 0.05) is 0 Å². The molecule has 0 saturated carbocycles. The molecule has 0 amide bonds. The van der Waals surface area contributed by atoms with Gasteiger partial charge in [-0.25, -0.2) is 13.7 Å². The van der Waals surface area contributed by atoms with E-state index in [1.54, 1.807) is 12.1 Å². The van der Waals surface area contributed by atoms with Crippen LogP contribution in [0.5, 0.6) is 11.5 Å². The topological polar surface area (TPSA) is 231 Å². The van der Waals surface area contributed by atoms with Crippen LogP contribution in [-0.2, 0) is 31.6 Å². The van der Waals surface area contributed by atoms with E-state index in [9.17, 15) is 28.8 Å². The van der Waals surface area contributed by atoms with Crippen molar-refractivity contribution in [3.8, 4) is 11.5 Å². The Morgan fingerprint density at radius 2 is 1.35 bits per heavy atom. The highest BCUT2D eigenvalue weighted by Gasteiger charge is 2.46. The van der Waals surface area contributed by atoms with Crippen LogP contribution in [0.15, 0.2) is 24.3 Å². The van der Waals surface area contributed by atoms with Gasteiger partial charge in [0.15, 0.2) is 0 Å². The zero-order chi connectivity index (χ0) is 28.4. The van der Waals surface area contributed by atoms with Gasteiger partial charge in [0.05, 0.1) is 13.7 Å². The molecule has 1 aromatic rings. The summed E-state index contributed by atoms with van der Waals surface area (Å²) in [7, 11) is -15.2. The largest absolute Gasteiger partial charge is 0.497 e. The van der Waals surface area contributed by atoms with Crippen LogP contribution in [0.2, 0.25) is 0 Å². The molecule has 1 aliphatic heterocycles. The van der Waals surface area contributed by atoms with E-state index < -0.39 is 54.7 Å². The van der Waals surface area contributed by atoms with Gasteiger partial charge in [-0.05, 0) is 43.9 Å². The first-order chi connectivity index (χ1) is 17.1. The van der Waals surface area contributed by atoms with Crippen LogP contribution in [0.1, 0.15) is 20.8 Å². The molecular weight excluding hydrogens is 563 g/mol. The van der Waals surface area contributed by atoms with E-state index in [0.717, 1.165) is 0 Å². The molecule has 0 radical (unpaired) electrons. The second-order valence-electron chi connectivity index (χ2n) is 7.32. The summed E-state index contributed by atoms with van der Waals surface area (Å²) >= 11 is 0. The third kappa shape index (κ3) is 12.6. The van der Waals surface area contributed by atoms with Gasteiger partial charge in [-0.3, -0.25) is 4.52 Å². The molecule has 0 bridgehead atoms. The second-order valence-corrected chi connectivity index (χ2v) is 11.7. The van der Waals surface area contributed by atoms with E-state index in [1.165, 1.54) is 38.9 Å². The van der Waals surface area contributed by atoms with E-state index in [-0.39, 0.29) is 5.75 Å². The van der Waals surface area contributed by atoms with Gasteiger partial charge in [-0.15, -0.1) is 0 Å². The average Bonchev–Trinajstić information content (AvgIpc) is 3.05. The fourth-order valence-electron chi connectivity index (χ4n) is 2.88. The number of nitrogens with zero attached hydrogens (tertiary/aromatic N) is 1. The summed E-state index contributed by atoms with van der Waals surface area (Å²) in [5.41, 5.74) is 0. The number of phosphoric ester groups is 1. The minimum atomic E-state index is -5.68. The molecule has 37 heavy (non-hydrogen) atoms. The van der Waals surface area contributed by atoms with Crippen LogP contribution >= 0.6 is 23.5 Å². The molecule has 2 rings (SSSR count). The highest BCUT2D eigenvalue weighted by molar-refractivity contribution is 7.66. The highest BCUT2D eigenvalue weighted by Crippen LogP contribution is 2.66. The molecule has 1 aliphatic rings. The summed E-state index contributed by atoms with van der Waals surface area (Å²) in [6.07, 6.45) is -6.09. The van der Waals surface area contributed by atoms with Crippen molar-refractivity contribution in [2.45, 2.75) is 45.4 Å². The van der Waals surface area contributed by atoms with Crippen LogP contribution in [0.4, 0.5) is 0 Å². The Morgan fingerprint density at radius 3 is 1.78 bits per heavy atom. The Hall–Kier alpha value is -0.930. The molecule has 2 unspecified atom stereocenters. The number of hydrogen-bond donors (Lipinski definition) is 6. The van der Waals surface area contributed by atoms with Crippen LogP contribution in [0.25, 0.3) is 0 Å². The Kier molecular flexibility index (Phi) is 13.8. The molecule has 1 fully saturated rings. The lowest BCUT2D eigenvalue weighted by atomic mass is 10.1. The summed E-state index contributed by atoms with van der Waals surface area (Å²) < 4.78 is 60.5. The van der Waals surface area contributed by atoms with Gasteiger partial charge in [-0.2, -0.15) is 8.62 Å². The van der Waals surface area contributed by atoms with Crippen LogP contribution in [0, 0.1) is 0 Å². The van der Waals surface area contributed by atoms with Gasteiger partial charge < -0.3 is 48.9 Å². The second kappa shape index (κ2) is 15.0. The average molecular weight is 597 g/mol. The maximum absolute atomic E-state index is 11.7. The molecule has 216 valence electrons. The number of rotatable bonds is 13. The number of phosphoric acid groups is 3. The molecule has 16 nitrogen and oxygen atoms in total. The maximum atomic E-state index is 11.7. The predicted molar refractivity (Wildman–Crippen MR) is 128 cm³/mol. The number of hydrogen-bond acceptors (Lipinski definition) is 12. The molecule has 0 aliphatic carbocycles. The number of aliphatic hydroxyl groups excluding tert-OH is 2. The summed E-state index contributed by atoms with van der Waals surface area (Å²) in [5, 5.41) is 20.0. The van der Waals surface area contributed by atoms with Gasteiger partial charge in [0.25, 0.3) is 0 Å². The smallest absolute Gasteiger partial charge is 0.490 e. The van der Waals surface area contributed by atoms with Gasteiger partial charge in [0.2, 0.25) is 6.29 Å². The molecule has 6 atom stereocenters. The van der Waals surface area contributed by atoms with Crippen molar-refractivity contribution in [3.05, 3.63) is 24.3 Å². The molecule has 1 heterocycles. The summed E-state index contributed by atoms with van der Waals surface area (Å²) in [6, 6.07) is 6.08. The fourth-order valence-corrected chi connectivity index (χ4v) is 5.91. The summed E-state index contributed by atoms with van der Waals surface area (Å²) in [6.45, 7) is 9.18. The number of benzene rings is 1. The SMILES string of the molecule is CCN(CC)CC.COc1ccc(O[C@@H]2O[C@H](COP(=O)(O)OP(=O)(O)OP(=O)(O)O)[C@@H](O)[C@H]2O)cc1. The third-order valence-electron chi connectivity index (χ3n) is 4.79. The molecule has 19 heteroatoms. The molecule has 0 spiro atoms. The van der Waals surface area contributed by atoms with Crippen LogP contribution < -0.4 is 9.47 Å². The summed E-state index contributed by atoms with van der Waals surface area (Å²) in [4.78, 5) is 37.8. The van der Waals surface area contributed by atoms with Crippen molar-refractivity contribution in [2.75, 3.05) is 33.4 Å². The fraction of sp³-hybridized carbons (Fsp3) is 0.667. The third-order valence-corrected chi connectivity index (χ3v) is 8.59. The van der Waals surface area contributed by atoms with E-state index in [1.807, 2.05) is 0 Å². The van der Waals surface area contributed by atoms with E-state index in [2.05, 4.69) is 38.8 Å². The standard InChI is InChI=1S/C12H19O15P3.C6H15N/c1-22-7-2-4-8(5-3-7)24-12-11(14)10(13)9(25-12)6-23-29(18,19)27-30(20,21)26-28(15,16)17;1-4-7(5-2)6-3/h2-5,9-14H,6H2,1H3,(H,18,19)(H,20,21)(H2,15,16,17);4-6H2,1-3H3/t9-,10-,11-,12-;/m1./s1. The lowest BCUT2D eigenvalue weighted by Gasteiger charge is -2.19. The van der Waals surface area contributed by atoms with Gasteiger partial charge >= 0.3 is 23.5 Å². The minimum Gasteiger partial charge on any atom is -0.497 e. The van der Waals surface area contributed by atoms with Crippen molar-refractivity contribution in [3.63, 3.8) is 0 Å². The zero-order valence-corrected chi connectivity index (χ0v) is 23.3. The van der Waals surface area contributed by atoms with Gasteiger partial charge in [0.1, 0.15) is 29.8 Å². The first kappa shape index (κ1) is 34.1. The Balaban J connectivity index is 0.000000856. The molecule has 6 N–H and O–H groups in total. The van der Waals surface area contributed by atoms with Gasteiger partial charge in [-0.1, -0.05) is 20.8 Å². The van der Waals surface area contributed by atoms with Crippen molar-refractivity contribution in [2.24, 2.45) is 0 Å². The Labute approximate surface area is 214 Å². The zero-order valence-electron chi connectivity index (χ0n) is 20.6. The molecule has 1 aromatic carbocycles. The van der Waals surface area contributed by atoms with Crippen LogP contribution in [0.3, 0.4) is 0 Å². The lowest BCUT2D eigenvalue weighted by Crippen LogP contribution is -2.35. The number of methoxy groups -OCH3 is 1. The Bertz CT molecular complexity index is 949. The van der Waals surface area contributed by atoms with Crippen molar-refractivity contribution >= 4 is 23.5 Å². The normalized spacial score (nSPS) is 25.1. The first-order valence-corrected chi connectivity index (χ1v) is 15.4. The highest BCUT2D eigenvalue weighted by atomic mass is 31.3. The Morgan fingerprint density at radius 1 is 0.838 bits per heavy atom. The minimum absolute atomic E-state index is 0.237. The van der Waals surface area contributed by atoms with E-state index in [4.69, 9.17) is 28.9 Å². The van der Waals surface area contributed by atoms with Crippen LogP contribution in [-0.4, -0.2) is 92.6 Å². The summed E-state index contributed by atoms with van der Waals surface area (Å²) in [5.74, 6) is 0.768. The van der Waals surface area contributed by atoms with Crippen molar-refractivity contribution in [1.29, 1.82) is 0 Å². The number of ether oxygens (including phenoxy) is 3. The first-order valence-electron chi connectivity index (χ1n) is 10.9. The predicted octanol–water partition coefficient (Wildman–Crippen LogP) is 1.21. The quantitative estimate of drug-likeness (QED) is 0.175. The molecule has 1 saturated heterocycles.